The highest BCUT2D eigenvalue weighted by atomic mass is 31.2. The number of rotatable bonds is 34. The Balaban J connectivity index is 4.34. The lowest BCUT2D eigenvalue weighted by Crippen LogP contribution is -2.37. The smallest absolute Gasteiger partial charge is 0.457 e. The van der Waals surface area contributed by atoms with Gasteiger partial charge in [0.1, 0.15) is 19.3 Å². The molecule has 0 aliphatic rings. The van der Waals surface area contributed by atoms with E-state index in [4.69, 9.17) is 18.5 Å². The molecule has 0 aromatic rings. The fraction of sp³-hybridized carbons (Fsp3) is 0.816. The summed E-state index contributed by atoms with van der Waals surface area (Å²) in [6, 6.07) is 0. The molecule has 0 spiro atoms. The van der Waals surface area contributed by atoms with Crippen molar-refractivity contribution in [1.29, 1.82) is 0 Å². The van der Waals surface area contributed by atoms with E-state index in [-0.39, 0.29) is 25.8 Å². The highest BCUT2D eigenvalue weighted by Gasteiger charge is 2.26. The topological polar surface area (TPSA) is 91.3 Å². The first kappa shape index (κ1) is 45.7. The van der Waals surface area contributed by atoms with Crippen LogP contribution in [0.3, 0.4) is 0 Å². The Hall–Kier alpha value is -1.28. The molecule has 0 aliphatic carbocycles. The fourth-order valence-electron chi connectivity index (χ4n) is 4.69. The third kappa shape index (κ3) is 35.8. The Bertz CT molecular complexity index is 853. The number of allylic oxidation sites excluding steroid dienone is 6. The number of quaternary nitrogens is 1. The third-order valence-electron chi connectivity index (χ3n) is 7.65. The quantitative estimate of drug-likeness (QED) is 0.0237. The number of nitrogens with zero attached hydrogens (tertiary/aromatic N) is 1. The molecule has 0 aromatic heterocycles. The van der Waals surface area contributed by atoms with Crippen LogP contribution in [0.5, 0.6) is 0 Å². The highest BCUT2D eigenvalue weighted by molar-refractivity contribution is 7.47. The zero-order valence-electron chi connectivity index (χ0n) is 31.0. The maximum atomic E-state index is 12.6. The first-order chi connectivity index (χ1) is 22.6. The van der Waals surface area contributed by atoms with E-state index in [0.717, 1.165) is 57.8 Å². The summed E-state index contributed by atoms with van der Waals surface area (Å²) in [4.78, 5) is 22.7. The lowest BCUT2D eigenvalue weighted by molar-refractivity contribution is -0.870. The Labute approximate surface area is 289 Å². The molecule has 0 saturated heterocycles. The van der Waals surface area contributed by atoms with Gasteiger partial charge < -0.3 is 18.9 Å². The molecule has 0 heterocycles. The molecule has 2 atom stereocenters. The van der Waals surface area contributed by atoms with Crippen LogP contribution in [0.25, 0.3) is 0 Å². The van der Waals surface area contributed by atoms with E-state index in [1.807, 2.05) is 21.1 Å². The largest absolute Gasteiger partial charge is 0.472 e. The lowest BCUT2D eigenvalue weighted by atomic mass is 10.1. The number of phosphoric acid groups is 1. The fourth-order valence-corrected chi connectivity index (χ4v) is 5.43. The number of likely N-dealkylation sites (N-methyl/N-ethyl adjacent to an activating group) is 1. The number of carbonyl (C=O) groups is 1. The molecular weight excluding hydrogens is 613 g/mol. The van der Waals surface area contributed by atoms with E-state index in [2.05, 4.69) is 50.3 Å². The third-order valence-corrected chi connectivity index (χ3v) is 8.64. The number of ether oxygens (including phenoxy) is 2. The van der Waals surface area contributed by atoms with Crippen LogP contribution in [-0.2, 0) is 27.9 Å². The summed E-state index contributed by atoms with van der Waals surface area (Å²) in [5, 5.41) is 0. The molecule has 0 aromatic carbocycles. The molecule has 47 heavy (non-hydrogen) atoms. The standard InChI is InChI=1S/C38H72NO7P/c1-6-8-10-12-14-16-18-19-20-22-24-26-28-30-33-43-35-37(36-45-47(41,42)44-34-32-39(3,4)5)46-38(40)31-29-27-25-23-21-17-15-13-11-9-7-2/h10,12-13,15-16,18,37H,6-9,11,14,17,19-36H2,1-5H3/p+1/b12-10-,15-13-,18-16-. The molecular formula is C38H73NO7P+. The Morgan fingerprint density at radius 1 is 0.660 bits per heavy atom. The van der Waals surface area contributed by atoms with Crippen LogP contribution in [0.4, 0.5) is 0 Å². The average molecular weight is 687 g/mol. The summed E-state index contributed by atoms with van der Waals surface area (Å²) in [6.45, 7) is 5.47. The maximum Gasteiger partial charge on any atom is 0.472 e. The van der Waals surface area contributed by atoms with Gasteiger partial charge in [-0.25, -0.2) is 4.57 Å². The molecule has 9 heteroatoms. The van der Waals surface area contributed by atoms with Crippen molar-refractivity contribution >= 4 is 13.8 Å². The minimum atomic E-state index is -4.27. The molecule has 276 valence electrons. The lowest BCUT2D eigenvalue weighted by Gasteiger charge is -2.24. The normalized spacial score (nSPS) is 14.4. The summed E-state index contributed by atoms with van der Waals surface area (Å²) < 4.78 is 34.8. The van der Waals surface area contributed by atoms with Gasteiger partial charge in [-0.2, -0.15) is 0 Å². The van der Waals surface area contributed by atoms with E-state index in [9.17, 15) is 14.3 Å². The van der Waals surface area contributed by atoms with Gasteiger partial charge >= 0.3 is 13.8 Å². The molecule has 0 saturated carbocycles. The van der Waals surface area contributed by atoms with E-state index in [1.165, 1.54) is 64.2 Å². The van der Waals surface area contributed by atoms with Gasteiger partial charge in [-0.1, -0.05) is 115 Å². The molecule has 0 radical (unpaired) electrons. The number of hydrogen-bond acceptors (Lipinski definition) is 6. The second-order valence-electron chi connectivity index (χ2n) is 13.6. The van der Waals surface area contributed by atoms with Crippen LogP contribution in [0.2, 0.25) is 0 Å². The number of esters is 1. The number of hydrogen-bond donors (Lipinski definition) is 1. The Morgan fingerprint density at radius 2 is 1.21 bits per heavy atom. The highest BCUT2D eigenvalue weighted by Crippen LogP contribution is 2.43. The van der Waals surface area contributed by atoms with Crippen LogP contribution < -0.4 is 0 Å². The second-order valence-corrected chi connectivity index (χ2v) is 15.0. The van der Waals surface area contributed by atoms with E-state index >= 15 is 0 Å². The summed E-state index contributed by atoms with van der Waals surface area (Å²) in [5.41, 5.74) is 0. The van der Waals surface area contributed by atoms with Crippen molar-refractivity contribution in [3.63, 3.8) is 0 Å². The van der Waals surface area contributed by atoms with Gasteiger partial charge in [0.2, 0.25) is 0 Å². The summed E-state index contributed by atoms with van der Waals surface area (Å²) in [7, 11) is 1.65. The first-order valence-corrected chi connectivity index (χ1v) is 20.2. The Morgan fingerprint density at radius 3 is 1.83 bits per heavy atom. The second kappa shape index (κ2) is 32.0. The maximum absolute atomic E-state index is 12.6. The molecule has 0 amide bonds. The molecule has 0 fully saturated rings. The summed E-state index contributed by atoms with van der Waals surface area (Å²) in [6.07, 6.45) is 34.5. The summed E-state index contributed by atoms with van der Waals surface area (Å²) in [5.74, 6) is -0.331. The molecule has 0 rings (SSSR count). The predicted molar refractivity (Wildman–Crippen MR) is 196 cm³/mol. The van der Waals surface area contributed by atoms with Crippen LogP contribution in [0, 0.1) is 0 Å². The minimum absolute atomic E-state index is 0.0841. The molecule has 8 nitrogen and oxygen atoms in total. The van der Waals surface area contributed by atoms with Gasteiger partial charge in [0.15, 0.2) is 0 Å². The average Bonchev–Trinajstić information content (AvgIpc) is 3.01. The van der Waals surface area contributed by atoms with Crippen LogP contribution in [0.15, 0.2) is 36.5 Å². The SMILES string of the molecule is CCC/C=C\C/C=C\CCCCCCCCOCC(COP(=O)(O)OCC[N+](C)(C)C)OC(=O)CCCCCCC/C=C\CCCC. The van der Waals surface area contributed by atoms with Crippen molar-refractivity contribution in [1.82, 2.24) is 0 Å². The van der Waals surface area contributed by atoms with E-state index < -0.39 is 13.9 Å². The zero-order chi connectivity index (χ0) is 34.9. The van der Waals surface area contributed by atoms with Gasteiger partial charge in [0.05, 0.1) is 34.4 Å². The van der Waals surface area contributed by atoms with Crippen LogP contribution >= 0.6 is 7.82 Å². The van der Waals surface area contributed by atoms with Crippen molar-refractivity contribution in [3.05, 3.63) is 36.5 Å². The van der Waals surface area contributed by atoms with Gasteiger partial charge in [0.25, 0.3) is 0 Å². The number of phosphoric ester groups is 1. The van der Waals surface area contributed by atoms with Crippen molar-refractivity contribution in [2.75, 3.05) is 54.1 Å². The van der Waals surface area contributed by atoms with Gasteiger partial charge in [-0.15, -0.1) is 0 Å². The van der Waals surface area contributed by atoms with Crippen LogP contribution in [0.1, 0.15) is 142 Å². The Kier molecular flexibility index (Phi) is 31.1. The van der Waals surface area contributed by atoms with E-state index in [1.54, 1.807) is 0 Å². The van der Waals surface area contributed by atoms with E-state index in [0.29, 0.717) is 24.1 Å². The summed E-state index contributed by atoms with van der Waals surface area (Å²) >= 11 is 0. The molecule has 1 N–H and O–H groups in total. The number of carbonyl (C=O) groups excluding carboxylic acids is 1. The minimum Gasteiger partial charge on any atom is -0.457 e. The van der Waals surface area contributed by atoms with Crippen LogP contribution in [-0.4, -0.2) is 75.6 Å². The number of unbranched alkanes of at least 4 members (excludes halogenated alkanes) is 14. The molecule has 2 unspecified atom stereocenters. The van der Waals surface area contributed by atoms with Gasteiger partial charge in [-0.05, 0) is 57.8 Å². The van der Waals surface area contributed by atoms with Crippen molar-refractivity contribution < 1.29 is 37.3 Å². The van der Waals surface area contributed by atoms with Crippen molar-refractivity contribution in [2.45, 2.75) is 148 Å². The predicted octanol–water partition coefficient (Wildman–Crippen LogP) is 10.3. The monoisotopic (exact) mass is 687 g/mol. The zero-order valence-corrected chi connectivity index (χ0v) is 31.9. The van der Waals surface area contributed by atoms with Crippen molar-refractivity contribution in [2.24, 2.45) is 0 Å². The molecule has 0 aliphatic heterocycles. The first-order valence-electron chi connectivity index (χ1n) is 18.7. The van der Waals surface area contributed by atoms with Crippen molar-refractivity contribution in [3.8, 4) is 0 Å². The molecule has 0 bridgehead atoms. The van der Waals surface area contributed by atoms with Gasteiger partial charge in [-0.3, -0.25) is 13.8 Å². The van der Waals surface area contributed by atoms with Gasteiger partial charge in [0, 0.05) is 13.0 Å².